The van der Waals surface area contributed by atoms with Crippen molar-refractivity contribution in [1.82, 2.24) is 0 Å². The molecule has 1 aromatic rings. The second-order valence-corrected chi connectivity index (χ2v) is 3.54. The number of carbonyl (C=O) groups is 1. The van der Waals surface area contributed by atoms with E-state index >= 15 is 0 Å². The fourth-order valence-corrected chi connectivity index (χ4v) is 1.46. The average molecular weight is 219 g/mol. The van der Waals surface area contributed by atoms with Crippen molar-refractivity contribution >= 4 is 11.7 Å². The number of esters is 1. The summed E-state index contributed by atoms with van der Waals surface area (Å²) in [6, 6.07) is 7.49. The van der Waals surface area contributed by atoms with Gasteiger partial charge in [-0.05, 0) is 25.0 Å². The topological polar surface area (TPSA) is 38.3 Å². The highest BCUT2D eigenvalue weighted by Gasteiger charge is 2.13. The first-order valence-corrected chi connectivity index (χ1v) is 5.22. The zero-order valence-corrected chi connectivity index (χ0v) is 9.69. The maximum absolute atomic E-state index is 11.3. The van der Waals surface area contributed by atoms with Crippen LogP contribution in [0, 0.1) is 0 Å². The highest BCUT2D eigenvalue weighted by atomic mass is 16.5. The summed E-state index contributed by atoms with van der Waals surface area (Å²) >= 11 is 0. The molecule has 0 spiro atoms. The number of rotatable bonds is 5. The molecule has 3 heteroatoms. The highest BCUT2D eigenvalue weighted by molar-refractivity contribution is 5.79. The minimum Gasteiger partial charge on any atom is -0.467 e. The Morgan fingerprint density at radius 1 is 1.56 bits per heavy atom. The molecule has 86 valence electrons. The quantitative estimate of drug-likeness (QED) is 0.610. The van der Waals surface area contributed by atoms with Crippen molar-refractivity contribution in [3.05, 3.63) is 42.5 Å². The van der Waals surface area contributed by atoms with Gasteiger partial charge in [0.25, 0.3) is 0 Å². The first kappa shape index (κ1) is 12.3. The Kier molecular flexibility index (Phi) is 4.58. The highest BCUT2D eigenvalue weighted by Crippen LogP contribution is 2.17. The first-order chi connectivity index (χ1) is 7.69. The van der Waals surface area contributed by atoms with Gasteiger partial charge in [-0.1, -0.05) is 24.3 Å². The average Bonchev–Trinajstić information content (AvgIpc) is 2.31. The number of benzene rings is 1. The number of ether oxygens (including phenoxy) is 1. The van der Waals surface area contributed by atoms with Crippen LogP contribution in [-0.2, 0) is 16.0 Å². The number of para-hydroxylation sites is 1. The molecule has 3 nitrogen and oxygen atoms in total. The van der Waals surface area contributed by atoms with Crippen molar-refractivity contribution in [2.75, 3.05) is 12.4 Å². The zero-order chi connectivity index (χ0) is 12.0. The van der Waals surface area contributed by atoms with Crippen molar-refractivity contribution in [2.24, 2.45) is 0 Å². The van der Waals surface area contributed by atoms with Crippen molar-refractivity contribution in [3.8, 4) is 0 Å². The monoisotopic (exact) mass is 219 g/mol. The summed E-state index contributed by atoms with van der Waals surface area (Å²) in [5.74, 6) is -0.270. The summed E-state index contributed by atoms with van der Waals surface area (Å²) in [6.07, 6.45) is 2.61. The molecule has 0 amide bonds. The summed E-state index contributed by atoms with van der Waals surface area (Å²) < 4.78 is 4.66. The number of hydrogen-bond donors (Lipinski definition) is 1. The number of carbonyl (C=O) groups excluding carboxylic acids is 1. The number of allylic oxidation sites excluding steroid dienone is 1. The van der Waals surface area contributed by atoms with E-state index in [-0.39, 0.29) is 12.0 Å². The van der Waals surface area contributed by atoms with Gasteiger partial charge in [0.05, 0.1) is 7.11 Å². The molecule has 0 bridgehead atoms. The molecule has 0 aliphatic heterocycles. The van der Waals surface area contributed by atoms with Crippen LogP contribution < -0.4 is 5.32 Å². The molecule has 0 radical (unpaired) electrons. The van der Waals surface area contributed by atoms with E-state index in [4.69, 9.17) is 0 Å². The van der Waals surface area contributed by atoms with Crippen molar-refractivity contribution < 1.29 is 9.53 Å². The molecular formula is C13H17NO2. The molecule has 1 atom stereocenters. The van der Waals surface area contributed by atoms with Crippen molar-refractivity contribution in [3.63, 3.8) is 0 Å². The second kappa shape index (κ2) is 5.95. The third-order valence-corrected chi connectivity index (χ3v) is 2.31. The molecule has 0 aliphatic carbocycles. The van der Waals surface area contributed by atoms with Gasteiger partial charge in [-0.25, -0.2) is 4.79 Å². The molecule has 0 saturated carbocycles. The van der Waals surface area contributed by atoms with Crippen LogP contribution in [0.1, 0.15) is 12.5 Å². The predicted molar refractivity (Wildman–Crippen MR) is 65.4 cm³/mol. The Labute approximate surface area is 96.1 Å². The molecule has 0 saturated heterocycles. The largest absolute Gasteiger partial charge is 0.467 e. The van der Waals surface area contributed by atoms with E-state index < -0.39 is 0 Å². The van der Waals surface area contributed by atoms with Crippen LogP contribution in [0.3, 0.4) is 0 Å². The molecule has 0 unspecified atom stereocenters. The maximum atomic E-state index is 11.3. The van der Waals surface area contributed by atoms with E-state index in [9.17, 15) is 4.79 Å². The lowest BCUT2D eigenvalue weighted by molar-refractivity contribution is -0.141. The Morgan fingerprint density at radius 2 is 2.25 bits per heavy atom. The van der Waals surface area contributed by atoms with E-state index in [1.54, 1.807) is 6.92 Å². The van der Waals surface area contributed by atoms with E-state index in [2.05, 4.69) is 16.6 Å². The second-order valence-electron chi connectivity index (χ2n) is 3.54. The minimum absolute atomic E-state index is 0.270. The molecule has 0 heterocycles. The summed E-state index contributed by atoms with van der Waals surface area (Å²) in [5, 5.41) is 3.12. The Morgan fingerprint density at radius 3 is 2.88 bits per heavy atom. The molecular weight excluding hydrogens is 202 g/mol. The van der Waals surface area contributed by atoms with Gasteiger partial charge in [-0.2, -0.15) is 0 Å². The fraction of sp³-hybridized carbons (Fsp3) is 0.308. The summed E-state index contributed by atoms with van der Waals surface area (Å²) in [6.45, 7) is 5.48. The van der Waals surface area contributed by atoms with Crippen LogP contribution in [0.25, 0.3) is 0 Å². The molecule has 0 aliphatic rings. The van der Waals surface area contributed by atoms with Crippen LogP contribution in [0.15, 0.2) is 36.9 Å². The molecule has 1 N–H and O–H groups in total. The number of nitrogens with one attached hydrogen (secondary N) is 1. The fourth-order valence-electron chi connectivity index (χ4n) is 1.46. The maximum Gasteiger partial charge on any atom is 0.327 e. The van der Waals surface area contributed by atoms with Crippen LogP contribution in [0.5, 0.6) is 0 Å². The third kappa shape index (κ3) is 3.12. The standard InChI is InChI=1S/C13H17NO2/c1-4-7-11-8-5-6-9-12(11)14-10(2)13(15)16-3/h4-6,8-10,14H,1,7H2,2-3H3/t10-/m0/s1. The minimum atomic E-state index is -0.351. The van der Waals surface area contributed by atoms with Crippen LogP contribution in [0.4, 0.5) is 5.69 Å². The van der Waals surface area contributed by atoms with Gasteiger partial charge in [0, 0.05) is 5.69 Å². The van der Waals surface area contributed by atoms with Gasteiger partial charge < -0.3 is 10.1 Å². The van der Waals surface area contributed by atoms with E-state index in [1.165, 1.54) is 7.11 Å². The lowest BCUT2D eigenvalue weighted by Gasteiger charge is -2.15. The Bertz CT molecular complexity index is 374. The number of anilines is 1. The van der Waals surface area contributed by atoms with Crippen molar-refractivity contribution in [1.29, 1.82) is 0 Å². The third-order valence-electron chi connectivity index (χ3n) is 2.31. The zero-order valence-electron chi connectivity index (χ0n) is 9.69. The van der Waals surface area contributed by atoms with E-state index in [0.29, 0.717) is 0 Å². The molecule has 1 aromatic carbocycles. The van der Waals surface area contributed by atoms with E-state index in [0.717, 1.165) is 17.7 Å². The SMILES string of the molecule is C=CCc1ccccc1N[C@@H](C)C(=O)OC. The number of methoxy groups -OCH3 is 1. The van der Waals surface area contributed by atoms with Gasteiger partial charge in [0.2, 0.25) is 0 Å². The smallest absolute Gasteiger partial charge is 0.327 e. The van der Waals surface area contributed by atoms with E-state index in [1.807, 2.05) is 30.3 Å². The normalized spacial score (nSPS) is 11.6. The summed E-state index contributed by atoms with van der Waals surface area (Å²) in [7, 11) is 1.39. The van der Waals surface area contributed by atoms with Gasteiger partial charge in [0.1, 0.15) is 6.04 Å². The van der Waals surface area contributed by atoms with Gasteiger partial charge >= 0.3 is 5.97 Å². The van der Waals surface area contributed by atoms with Gasteiger partial charge in [0.15, 0.2) is 0 Å². The summed E-state index contributed by atoms with van der Waals surface area (Å²) in [4.78, 5) is 11.3. The number of hydrogen-bond acceptors (Lipinski definition) is 3. The first-order valence-electron chi connectivity index (χ1n) is 5.22. The lowest BCUT2D eigenvalue weighted by Crippen LogP contribution is -2.27. The van der Waals surface area contributed by atoms with Crippen LogP contribution >= 0.6 is 0 Å². The van der Waals surface area contributed by atoms with Crippen LogP contribution in [0.2, 0.25) is 0 Å². The lowest BCUT2D eigenvalue weighted by atomic mass is 10.1. The molecule has 16 heavy (non-hydrogen) atoms. The molecule has 0 aromatic heterocycles. The molecule has 0 fully saturated rings. The van der Waals surface area contributed by atoms with Crippen molar-refractivity contribution in [2.45, 2.75) is 19.4 Å². The van der Waals surface area contributed by atoms with Gasteiger partial charge in [-0.3, -0.25) is 0 Å². The Balaban J connectivity index is 2.79. The predicted octanol–water partition coefficient (Wildman–Crippen LogP) is 2.39. The van der Waals surface area contributed by atoms with Crippen LogP contribution in [-0.4, -0.2) is 19.1 Å². The summed E-state index contributed by atoms with van der Waals surface area (Å²) in [5.41, 5.74) is 2.06. The molecule has 1 rings (SSSR count). The van der Waals surface area contributed by atoms with Gasteiger partial charge in [-0.15, -0.1) is 6.58 Å². The Hall–Kier alpha value is -1.77.